The van der Waals surface area contributed by atoms with Gasteiger partial charge in [0.15, 0.2) is 0 Å². The van der Waals surface area contributed by atoms with Crippen molar-refractivity contribution in [3.8, 4) is 0 Å². The maximum atomic E-state index is 12.6. The van der Waals surface area contributed by atoms with Crippen LogP contribution in [0.3, 0.4) is 0 Å². The van der Waals surface area contributed by atoms with Crippen LogP contribution in [0.2, 0.25) is 0 Å². The standard InChI is InChI=1S/C12H12N2O2S/c13-9-5-7-10(8-6-9)17(15,16)12-4-2-1-3-11(12)14/h1-8H,13-14H2/i5D,6D,7D,8D. The number of hydrogen-bond donors (Lipinski definition) is 2. The molecule has 0 unspecified atom stereocenters. The van der Waals surface area contributed by atoms with E-state index in [9.17, 15) is 8.42 Å². The fraction of sp³-hybridized carbons (Fsp3) is 0. The Hall–Kier alpha value is -2.01. The predicted molar refractivity (Wildman–Crippen MR) is 67.2 cm³/mol. The fourth-order valence-corrected chi connectivity index (χ4v) is 2.51. The highest BCUT2D eigenvalue weighted by Gasteiger charge is 2.19. The van der Waals surface area contributed by atoms with Gasteiger partial charge in [0.25, 0.3) is 0 Å². The van der Waals surface area contributed by atoms with Crippen LogP contribution in [-0.4, -0.2) is 8.42 Å². The molecule has 88 valence electrons. The number of rotatable bonds is 2. The van der Waals surface area contributed by atoms with Crippen LogP contribution in [0.5, 0.6) is 0 Å². The zero-order valence-corrected chi connectivity index (χ0v) is 9.51. The van der Waals surface area contributed by atoms with Crippen LogP contribution in [0.1, 0.15) is 5.48 Å². The molecule has 0 aliphatic carbocycles. The van der Waals surface area contributed by atoms with E-state index in [1.165, 1.54) is 18.2 Å². The van der Waals surface area contributed by atoms with Crippen molar-refractivity contribution in [1.29, 1.82) is 0 Å². The number of nitrogens with two attached hydrogens (primary N) is 2. The molecular formula is C12H12N2O2S. The second-order valence-electron chi connectivity index (χ2n) is 3.28. The van der Waals surface area contributed by atoms with Crippen LogP contribution < -0.4 is 11.5 Å². The van der Waals surface area contributed by atoms with Gasteiger partial charge in [0.05, 0.1) is 21.0 Å². The van der Waals surface area contributed by atoms with E-state index in [-0.39, 0.29) is 10.6 Å². The maximum Gasteiger partial charge on any atom is 0.208 e. The van der Waals surface area contributed by atoms with Gasteiger partial charge in [-0.3, -0.25) is 0 Å². The summed E-state index contributed by atoms with van der Waals surface area (Å²) in [4.78, 5) is -1.000. The molecule has 0 amide bonds. The summed E-state index contributed by atoms with van der Waals surface area (Å²) in [5, 5.41) is 0. The molecule has 0 bridgehead atoms. The topological polar surface area (TPSA) is 86.2 Å². The highest BCUT2D eigenvalue weighted by molar-refractivity contribution is 7.91. The number of sulfone groups is 1. The molecule has 0 atom stereocenters. The van der Waals surface area contributed by atoms with Crippen molar-refractivity contribution in [3.63, 3.8) is 0 Å². The molecule has 0 spiro atoms. The monoisotopic (exact) mass is 252 g/mol. The second-order valence-corrected chi connectivity index (χ2v) is 5.14. The van der Waals surface area contributed by atoms with Crippen LogP contribution in [0.4, 0.5) is 11.4 Å². The number of para-hydroxylation sites is 1. The largest absolute Gasteiger partial charge is 0.399 e. The molecule has 0 aliphatic rings. The number of nitrogen functional groups attached to an aromatic ring is 2. The van der Waals surface area contributed by atoms with Gasteiger partial charge in [0, 0.05) is 5.69 Å². The van der Waals surface area contributed by atoms with Crippen molar-refractivity contribution in [2.75, 3.05) is 11.5 Å². The molecule has 0 heterocycles. The van der Waals surface area contributed by atoms with Crippen molar-refractivity contribution < 1.29 is 13.9 Å². The van der Waals surface area contributed by atoms with Gasteiger partial charge in [-0.1, -0.05) is 12.1 Å². The molecular weight excluding hydrogens is 236 g/mol. The van der Waals surface area contributed by atoms with Crippen molar-refractivity contribution in [3.05, 3.63) is 48.4 Å². The molecule has 2 aromatic carbocycles. The summed E-state index contributed by atoms with van der Waals surface area (Å²) in [6.45, 7) is 0. The number of benzene rings is 2. The highest BCUT2D eigenvalue weighted by atomic mass is 32.2. The first kappa shape index (κ1) is 7.34. The Bertz CT molecular complexity index is 808. The third kappa shape index (κ3) is 2.09. The van der Waals surface area contributed by atoms with E-state index in [2.05, 4.69) is 0 Å². The predicted octanol–water partition coefficient (Wildman–Crippen LogP) is 1.68. The van der Waals surface area contributed by atoms with Gasteiger partial charge >= 0.3 is 0 Å². The van der Waals surface area contributed by atoms with Gasteiger partial charge in [-0.2, -0.15) is 0 Å². The molecule has 4 nitrogen and oxygen atoms in total. The van der Waals surface area contributed by atoms with Gasteiger partial charge in [0.1, 0.15) is 0 Å². The molecule has 0 aromatic heterocycles. The average Bonchev–Trinajstić information content (AvgIpc) is 2.43. The lowest BCUT2D eigenvalue weighted by atomic mass is 10.3. The van der Waals surface area contributed by atoms with Crippen LogP contribution in [0.25, 0.3) is 0 Å². The summed E-state index contributed by atoms with van der Waals surface area (Å²) >= 11 is 0. The normalized spacial score (nSPS) is 14.6. The lowest BCUT2D eigenvalue weighted by Crippen LogP contribution is -2.05. The summed E-state index contributed by atoms with van der Waals surface area (Å²) in [5.41, 5.74) is 10.6. The van der Waals surface area contributed by atoms with Gasteiger partial charge in [-0.05, 0) is 36.3 Å². The molecule has 0 saturated heterocycles. The van der Waals surface area contributed by atoms with E-state index in [0.29, 0.717) is 0 Å². The van der Waals surface area contributed by atoms with E-state index in [4.69, 9.17) is 17.0 Å². The first-order valence-electron chi connectivity index (χ1n) is 6.65. The Morgan fingerprint density at radius 1 is 1.00 bits per heavy atom. The molecule has 2 rings (SSSR count). The Morgan fingerprint density at radius 2 is 1.59 bits per heavy atom. The molecule has 5 heteroatoms. The van der Waals surface area contributed by atoms with E-state index in [0.717, 1.165) is 0 Å². The molecule has 0 saturated carbocycles. The zero-order chi connectivity index (χ0) is 15.9. The molecule has 0 radical (unpaired) electrons. The first-order valence-corrected chi connectivity index (χ1v) is 6.13. The van der Waals surface area contributed by atoms with Crippen LogP contribution in [0.15, 0.2) is 58.2 Å². The Kier molecular flexibility index (Phi) is 1.77. The summed E-state index contributed by atoms with van der Waals surface area (Å²) in [7, 11) is -4.29. The summed E-state index contributed by atoms with van der Waals surface area (Å²) in [5.74, 6) is 0. The van der Waals surface area contributed by atoms with Crippen molar-refractivity contribution >= 4 is 21.2 Å². The average molecular weight is 252 g/mol. The van der Waals surface area contributed by atoms with Crippen molar-refractivity contribution in [2.24, 2.45) is 0 Å². The van der Waals surface area contributed by atoms with E-state index >= 15 is 0 Å². The second kappa shape index (κ2) is 4.10. The number of anilines is 2. The first-order chi connectivity index (χ1) is 9.69. The highest BCUT2D eigenvalue weighted by Crippen LogP contribution is 2.25. The minimum atomic E-state index is -4.29. The zero-order valence-electron chi connectivity index (χ0n) is 12.7. The van der Waals surface area contributed by atoms with Crippen molar-refractivity contribution in [1.82, 2.24) is 0 Å². The molecule has 4 N–H and O–H groups in total. The van der Waals surface area contributed by atoms with Crippen LogP contribution in [0, 0.1) is 0 Å². The molecule has 0 fully saturated rings. The van der Waals surface area contributed by atoms with E-state index < -0.39 is 44.6 Å². The Morgan fingerprint density at radius 3 is 2.18 bits per heavy atom. The molecule has 2 aromatic rings. The minimum absolute atomic E-state index is 0.0359. The minimum Gasteiger partial charge on any atom is -0.399 e. The molecule has 17 heavy (non-hydrogen) atoms. The van der Waals surface area contributed by atoms with Gasteiger partial charge in [-0.15, -0.1) is 0 Å². The van der Waals surface area contributed by atoms with E-state index in [1.807, 2.05) is 0 Å². The summed E-state index contributed by atoms with van der Waals surface area (Å²) < 4.78 is 55.9. The lowest BCUT2D eigenvalue weighted by Gasteiger charge is -2.07. The summed E-state index contributed by atoms with van der Waals surface area (Å²) in [6, 6.07) is 3.01. The third-order valence-corrected chi connectivity index (χ3v) is 3.79. The Labute approximate surface area is 105 Å². The van der Waals surface area contributed by atoms with Crippen LogP contribution >= 0.6 is 0 Å². The maximum absolute atomic E-state index is 12.6. The van der Waals surface area contributed by atoms with Crippen molar-refractivity contribution in [2.45, 2.75) is 9.79 Å². The van der Waals surface area contributed by atoms with E-state index in [1.54, 1.807) is 6.07 Å². The smallest absolute Gasteiger partial charge is 0.208 e. The Balaban J connectivity index is 2.88. The molecule has 0 aliphatic heterocycles. The fourth-order valence-electron chi connectivity index (χ4n) is 1.28. The van der Waals surface area contributed by atoms with Crippen LogP contribution in [-0.2, 0) is 9.84 Å². The summed E-state index contributed by atoms with van der Waals surface area (Å²) in [6.07, 6.45) is 0. The van der Waals surface area contributed by atoms with Gasteiger partial charge in [0.2, 0.25) is 9.84 Å². The SMILES string of the molecule is [2H]c1c([2H])c(S(=O)(=O)c2ccccc2N)c([2H])c([2H])c1N. The third-order valence-electron chi connectivity index (χ3n) is 2.10. The van der Waals surface area contributed by atoms with Gasteiger partial charge < -0.3 is 11.5 Å². The van der Waals surface area contributed by atoms with Gasteiger partial charge in [-0.25, -0.2) is 8.42 Å². The number of hydrogen-bond acceptors (Lipinski definition) is 4. The quantitative estimate of drug-likeness (QED) is 0.796. The lowest BCUT2D eigenvalue weighted by molar-refractivity contribution is 0.596.